The molecule has 3 aromatic carbocycles. The number of methoxy groups -OCH3 is 1. The highest BCUT2D eigenvalue weighted by Gasteiger charge is 2.13. The largest absolute Gasteiger partial charge is 0.497 e. The van der Waals surface area contributed by atoms with E-state index in [0.717, 1.165) is 67.4 Å². The van der Waals surface area contributed by atoms with Crippen molar-refractivity contribution in [1.82, 2.24) is 19.4 Å². The van der Waals surface area contributed by atoms with Gasteiger partial charge in [-0.05, 0) is 60.6 Å². The van der Waals surface area contributed by atoms with Crippen LogP contribution in [0.5, 0.6) is 5.75 Å². The number of nitrogens with zero attached hydrogens (tertiary/aromatic N) is 4. The molecule has 1 N–H and O–H groups in total. The van der Waals surface area contributed by atoms with Crippen LogP contribution in [0.1, 0.15) is 11.1 Å². The quantitative estimate of drug-likeness (QED) is 0.461. The second kappa shape index (κ2) is 9.65. The van der Waals surface area contributed by atoms with Crippen molar-refractivity contribution in [2.24, 2.45) is 0 Å². The van der Waals surface area contributed by atoms with Gasteiger partial charge in [-0.1, -0.05) is 24.3 Å². The molecule has 0 radical (unpaired) electrons. The standard InChI is InChI=1S/C27H31N5O/c1-30-13-15-31(16-14-30)19-22-5-3-21(4-6-22)18-28-23-7-12-27-26(17-23)29-20-32(27)24-8-10-25(33-2)11-9-24/h3-12,17,20,28H,13-16,18-19H2,1-2H3. The Hall–Kier alpha value is -3.35. The number of hydrogen-bond acceptors (Lipinski definition) is 5. The number of piperazine rings is 1. The lowest BCUT2D eigenvalue weighted by Gasteiger charge is -2.32. The minimum absolute atomic E-state index is 0.791. The highest BCUT2D eigenvalue weighted by atomic mass is 16.5. The number of benzene rings is 3. The molecule has 0 unspecified atom stereocenters. The van der Waals surface area contributed by atoms with Crippen molar-refractivity contribution < 1.29 is 4.74 Å². The van der Waals surface area contributed by atoms with Crippen LogP contribution in [-0.2, 0) is 13.1 Å². The molecule has 0 amide bonds. The molecule has 1 aliphatic heterocycles. The van der Waals surface area contributed by atoms with Crippen molar-refractivity contribution in [2.75, 3.05) is 45.7 Å². The average molecular weight is 442 g/mol. The Bertz CT molecular complexity index is 1190. The SMILES string of the molecule is COc1ccc(-n2cnc3cc(NCc4ccc(CN5CCN(C)CC5)cc4)ccc32)cc1. The van der Waals surface area contributed by atoms with Crippen LogP contribution in [0.4, 0.5) is 5.69 Å². The number of imidazole rings is 1. The van der Waals surface area contributed by atoms with E-state index >= 15 is 0 Å². The predicted molar refractivity (Wildman–Crippen MR) is 134 cm³/mol. The molecule has 0 spiro atoms. The summed E-state index contributed by atoms with van der Waals surface area (Å²) in [7, 11) is 3.88. The van der Waals surface area contributed by atoms with Gasteiger partial charge in [0.1, 0.15) is 12.1 Å². The summed E-state index contributed by atoms with van der Waals surface area (Å²) in [5.41, 5.74) is 6.85. The molecule has 4 aromatic rings. The van der Waals surface area contributed by atoms with Crippen molar-refractivity contribution in [3.63, 3.8) is 0 Å². The lowest BCUT2D eigenvalue weighted by Crippen LogP contribution is -2.43. The van der Waals surface area contributed by atoms with Crippen molar-refractivity contribution in [3.8, 4) is 11.4 Å². The number of nitrogens with one attached hydrogen (secondary N) is 1. The second-order valence-electron chi connectivity index (χ2n) is 8.77. The molecule has 0 saturated carbocycles. The maximum absolute atomic E-state index is 5.26. The van der Waals surface area contributed by atoms with Gasteiger partial charge in [0.2, 0.25) is 0 Å². The van der Waals surface area contributed by atoms with Crippen LogP contribution in [-0.4, -0.2) is 59.7 Å². The summed E-state index contributed by atoms with van der Waals surface area (Å²) < 4.78 is 7.36. The first kappa shape index (κ1) is 21.5. The molecule has 1 aliphatic rings. The Labute approximate surface area is 195 Å². The number of aromatic nitrogens is 2. The van der Waals surface area contributed by atoms with Gasteiger partial charge in [-0.3, -0.25) is 9.47 Å². The van der Waals surface area contributed by atoms with E-state index in [1.807, 2.05) is 30.6 Å². The van der Waals surface area contributed by atoms with Gasteiger partial charge in [0, 0.05) is 50.6 Å². The molecule has 6 heteroatoms. The molecule has 6 nitrogen and oxygen atoms in total. The monoisotopic (exact) mass is 441 g/mol. The smallest absolute Gasteiger partial charge is 0.119 e. The summed E-state index contributed by atoms with van der Waals surface area (Å²) in [6, 6.07) is 23.3. The van der Waals surface area contributed by atoms with Crippen LogP contribution in [0.3, 0.4) is 0 Å². The van der Waals surface area contributed by atoms with E-state index in [4.69, 9.17) is 4.74 Å². The van der Waals surface area contributed by atoms with E-state index in [0.29, 0.717) is 0 Å². The fourth-order valence-corrected chi connectivity index (χ4v) is 4.30. The first-order valence-electron chi connectivity index (χ1n) is 11.5. The van der Waals surface area contributed by atoms with E-state index < -0.39 is 0 Å². The van der Waals surface area contributed by atoms with E-state index in [1.165, 1.54) is 11.1 Å². The summed E-state index contributed by atoms with van der Waals surface area (Å²) in [6.07, 6.45) is 1.87. The molecule has 5 rings (SSSR count). The van der Waals surface area contributed by atoms with Crippen LogP contribution >= 0.6 is 0 Å². The van der Waals surface area contributed by atoms with Gasteiger partial charge in [-0.2, -0.15) is 0 Å². The van der Waals surface area contributed by atoms with E-state index in [2.05, 4.69) is 74.2 Å². The lowest BCUT2D eigenvalue weighted by molar-refractivity contribution is 0.148. The zero-order valence-electron chi connectivity index (χ0n) is 19.4. The Kier molecular flexibility index (Phi) is 6.28. The molecular weight excluding hydrogens is 410 g/mol. The average Bonchev–Trinajstić information content (AvgIpc) is 3.28. The van der Waals surface area contributed by atoms with Gasteiger partial charge in [0.25, 0.3) is 0 Å². The normalized spacial score (nSPS) is 15.1. The van der Waals surface area contributed by atoms with Gasteiger partial charge in [0.15, 0.2) is 0 Å². The molecule has 33 heavy (non-hydrogen) atoms. The predicted octanol–water partition coefficient (Wildman–Crippen LogP) is 4.39. The number of ether oxygens (including phenoxy) is 1. The van der Waals surface area contributed by atoms with Crippen molar-refractivity contribution in [2.45, 2.75) is 13.1 Å². The van der Waals surface area contributed by atoms with Crippen LogP contribution in [0, 0.1) is 0 Å². The maximum Gasteiger partial charge on any atom is 0.119 e. The Morgan fingerprint density at radius 3 is 2.33 bits per heavy atom. The van der Waals surface area contributed by atoms with E-state index in [-0.39, 0.29) is 0 Å². The van der Waals surface area contributed by atoms with Crippen LogP contribution in [0.15, 0.2) is 73.1 Å². The highest BCUT2D eigenvalue weighted by Crippen LogP contribution is 2.23. The first-order chi connectivity index (χ1) is 16.2. The third-order valence-corrected chi connectivity index (χ3v) is 6.42. The molecule has 1 saturated heterocycles. The van der Waals surface area contributed by atoms with Crippen LogP contribution in [0.25, 0.3) is 16.7 Å². The zero-order chi connectivity index (χ0) is 22.6. The van der Waals surface area contributed by atoms with Crippen LogP contribution in [0.2, 0.25) is 0 Å². The maximum atomic E-state index is 5.26. The topological polar surface area (TPSA) is 45.6 Å². The van der Waals surface area contributed by atoms with Crippen LogP contribution < -0.4 is 10.1 Å². The number of fused-ring (bicyclic) bond motifs is 1. The molecule has 1 fully saturated rings. The van der Waals surface area contributed by atoms with Gasteiger partial charge >= 0.3 is 0 Å². The summed E-state index contributed by atoms with van der Waals surface area (Å²) in [4.78, 5) is 9.54. The minimum atomic E-state index is 0.791. The Balaban J connectivity index is 1.21. The fraction of sp³-hybridized carbons (Fsp3) is 0.296. The molecule has 170 valence electrons. The third kappa shape index (κ3) is 5.02. The summed E-state index contributed by atoms with van der Waals surface area (Å²) >= 11 is 0. The molecule has 0 atom stereocenters. The molecule has 2 heterocycles. The molecule has 1 aromatic heterocycles. The molecule has 0 aliphatic carbocycles. The van der Waals surface area contributed by atoms with Gasteiger partial charge < -0.3 is 15.0 Å². The van der Waals surface area contributed by atoms with Crippen molar-refractivity contribution in [1.29, 1.82) is 0 Å². The Morgan fingerprint density at radius 1 is 0.879 bits per heavy atom. The third-order valence-electron chi connectivity index (χ3n) is 6.42. The zero-order valence-corrected chi connectivity index (χ0v) is 19.4. The Morgan fingerprint density at radius 2 is 1.61 bits per heavy atom. The fourth-order valence-electron chi connectivity index (χ4n) is 4.30. The first-order valence-corrected chi connectivity index (χ1v) is 11.5. The summed E-state index contributed by atoms with van der Waals surface area (Å²) in [5.74, 6) is 0.849. The van der Waals surface area contributed by atoms with Crippen molar-refractivity contribution in [3.05, 3.63) is 84.2 Å². The molecular formula is C27H31N5O. The van der Waals surface area contributed by atoms with E-state index in [9.17, 15) is 0 Å². The minimum Gasteiger partial charge on any atom is -0.497 e. The number of rotatable bonds is 7. The van der Waals surface area contributed by atoms with Gasteiger partial charge in [-0.25, -0.2) is 4.98 Å². The lowest BCUT2D eigenvalue weighted by atomic mass is 10.1. The van der Waals surface area contributed by atoms with Gasteiger partial charge in [0.05, 0.1) is 18.1 Å². The summed E-state index contributed by atoms with van der Waals surface area (Å²) in [6.45, 7) is 6.44. The number of likely N-dealkylation sites (N-methyl/N-ethyl adjacent to an activating group) is 1. The summed E-state index contributed by atoms with van der Waals surface area (Å²) in [5, 5.41) is 3.54. The molecule has 0 bridgehead atoms. The van der Waals surface area contributed by atoms with Crippen molar-refractivity contribution >= 4 is 16.7 Å². The van der Waals surface area contributed by atoms with Gasteiger partial charge in [-0.15, -0.1) is 0 Å². The number of hydrogen-bond donors (Lipinski definition) is 1. The van der Waals surface area contributed by atoms with E-state index in [1.54, 1.807) is 7.11 Å². The number of anilines is 1. The second-order valence-corrected chi connectivity index (χ2v) is 8.77. The highest BCUT2D eigenvalue weighted by molar-refractivity contribution is 5.81.